The van der Waals surface area contributed by atoms with E-state index >= 15 is 0 Å². The minimum atomic E-state index is -1.28. The first kappa shape index (κ1) is 20.7. The Morgan fingerprint density at radius 1 is 1.21 bits per heavy atom. The molecule has 1 heterocycles. The number of thioether (sulfide) groups is 1. The molecule has 2 aromatic rings. The van der Waals surface area contributed by atoms with E-state index in [2.05, 4.69) is 0 Å². The van der Waals surface area contributed by atoms with Crippen molar-refractivity contribution < 1.29 is 19.7 Å². The van der Waals surface area contributed by atoms with Gasteiger partial charge in [0.05, 0.1) is 29.7 Å². The Labute approximate surface area is 169 Å². The molecule has 0 spiro atoms. The third-order valence-electron chi connectivity index (χ3n) is 5.18. The topological polar surface area (TPSA) is 96.0 Å². The van der Waals surface area contributed by atoms with Gasteiger partial charge in [-0.3, -0.25) is 4.79 Å². The van der Waals surface area contributed by atoms with Gasteiger partial charge in [0.2, 0.25) is 0 Å². The number of amides is 1. The Hall–Kier alpha value is -2.06. The van der Waals surface area contributed by atoms with Crippen LogP contribution in [-0.4, -0.2) is 47.5 Å². The van der Waals surface area contributed by atoms with Crippen LogP contribution in [0.25, 0.3) is 0 Å². The highest BCUT2D eigenvalue weighted by molar-refractivity contribution is 7.99. The van der Waals surface area contributed by atoms with Gasteiger partial charge in [-0.1, -0.05) is 24.3 Å². The fraction of sp³-hybridized carbons (Fsp3) is 0.381. The molecule has 3 atom stereocenters. The molecular formula is C21H26N2O4S. The van der Waals surface area contributed by atoms with Crippen LogP contribution in [0.15, 0.2) is 53.4 Å². The van der Waals surface area contributed by atoms with Crippen molar-refractivity contribution in [3.05, 3.63) is 54.1 Å². The predicted molar refractivity (Wildman–Crippen MR) is 111 cm³/mol. The van der Waals surface area contributed by atoms with Gasteiger partial charge in [0, 0.05) is 11.4 Å². The van der Waals surface area contributed by atoms with E-state index in [4.69, 9.17) is 10.5 Å². The maximum Gasteiger partial charge on any atom is 0.257 e. The van der Waals surface area contributed by atoms with Crippen LogP contribution < -0.4 is 15.4 Å². The number of fused-ring (bicyclic) bond motifs is 1. The molecule has 1 amide bonds. The lowest BCUT2D eigenvalue weighted by Crippen LogP contribution is -2.59. The van der Waals surface area contributed by atoms with Crippen molar-refractivity contribution in [3.8, 4) is 5.75 Å². The number of ether oxygens (including phenoxy) is 1. The summed E-state index contributed by atoms with van der Waals surface area (Å²) in [4.78, 5) is 15.7. The van der Waals surface area contributed by atoms with Gasteiger partial charge in [-0.2, -0.15) is 0 Å². The first-order valence-electron chi connectivity index (χ1n) is 9.11. The van der Waals surface area contributed by atoms with Gasteiger partial charge in [-0.15, -0.1) is 11.8 Å². The Morgan fingerprint density at radius 3 is 2.46 bits per heavy atom. The molecule has 1 aliphatic rings. The van der Waals surface area contributed by atoms with Crippen LogP contribution in [0.2, 0.25) is 0 Å². The van der Waals surface area contributed by atoms with Crippen molar-refractivity contribution in [1.29, 1.82) is 0 Å². The van der Waals surface area contributed by atoms with Gasteiger partial charge in [0.25, 0.3) is 5.91 Å². The van der Waals surface area contributed by atoms with Crippen molar-refractivity contribution in [1.82, 2.24) is 0 Å². The molecule has 28 heavy (non-hydrogen) atoms. The average molecular weight is 403 g/mol. The average Bonchev–Trinajstić information content (AvgIpc) is 2.82. The Morgan fingerprint density at radius 2 is 1.86 bits per heavy atom. The van der Waals surface area contributed by atoms with E-state index in [-0.39, 0.29) is 6.54 Å². The summed E-state index contributed by atoms with van der Waals surface area (Å²) in [6, 6.07) is 14.8. The molecule has 0 aliphatic carbocycles. The van der Waals surface area contributed by atoms with Gasteiger partial charge < -0.3 is 25.6 Å². The molecule has 3 rings (SSSR count). The molecule has 0 saturated carbocycles. The second-order valence-corrected chi connectivity index (χ2v) is 8.49. The number of nitrogens with two attached hydrogens (primary N) is 1. The number of hydrogen-bond acceptors (Lipinski definition) is 6. The van der Waals surface area contributed by atoms with E-state index in [0.29, 0.717) is 11.4 Å². The maximum atomic E-state index is 13.4. The molecule has 0 saturated heterocycles. The highest BCUT2D eigenvalue weighted by atomic mass is 32.2. The second-order valence-electron chi connectivity index (χ2n) is 7.30. The van der Waals surface area contributed by atoms with Crippen LogP contribution in [0.5, 0.6) is 5.75 Å². The van der Waals surface area contributed by atoms with Gasteiger partial charge in [0.1, 0.15) is 11.9 Å². The molecule has 6 nitrogen and oxygen atoms in total. The number of aliphatic hydroxyl groups excluding tert-OH is 2. The standard InChI is InChI=1S/C21H26N2O4S/c1-21(2,17(24)12-22)23-15-6-4-5-7-16(15)28-19(18(25)20(23)26)13-8-10-14(27-3)11-9-13/h4-11,17-19,24-25H,12,22H2,1-3H3/t17?,18-,19+/m1/s1. The molecule has 0 aromatic heterocycles. The lowest BCUT2D eigenvalue weighted by Gasteiger charge is -2.42. The summed E-state index contributed by atoms with van der Waals surface area (Å²) in [5.74, 6) is 0.244. The number of benzene rings is 2. The molecule has 2 aromatic carbocycles. The zero-order valence-electron chi connectivity index (χ0n) is 16.2. The van der Waals surface area contributed by atoms with Crippen LogP contribution in [0.3, 0.4) is 0 Å². The zero-order valence-corrected chi connectivity index (χ0v) is 17.0. The number of hydrogen-bond donors (Lipinski definition) is 3. The summed E-state index contributed by atoms with van der Waals surface area (Å²) in [7, 11) is 1.59. The summed E-state index contributed by atoms with van der Waals surface area (Å²) < 4.78 is 5.20. The van der Waals surface area contributed by atoms with Crippen molar-refractivity contribution in [2.45, 2.75) is 41.7 Å². The van der Waals surface area contributed by atoms with Crippen LogP contribution in [0.1, 0.15) is 24.7 Å². The minimum Gasteiger partial charge on any atom is -0.497 e. The number of aliphatic hydroxyl groups is 2. The Balaban J connectivity index is 2.09. The first-order chi connectivity index (χ1) is 13.3. The monoisotopic (exact) mass is 402 g/mol. The predicted octanol–water partition coefficient (Wildman–Crippen LogP) is 2.33. The quantitative estimate of drug-likeness (QED) is 0.710. The van der Waals surface area contributed by atoms with Gasteiger partial charge in [-0.25, -0.2) is 0 Å². The fourth-order valence-corrected chi connectivity index (χ4v) is 4.65. The lowest BCUT2D eigenvalue weighted by molar-refractivity contribution is -0.128. The summed E-state index contributed by atoms with van der Waals surface area (Å²) in [6.07, 6.45) is -2.23. The van der Waals surface area contributed by atoms with Crippen LogP contribution in [0, 0.1) is 0 Å². The summed E-state index contributed by atoms with van der Waals surface area (Å²) in [6.45, 7) is 3.51. The van der Waals surface area contributed by atoms with E-state index in [1.165, 1.54) is 16.7 Å². The van der Waals surface area contributed by atoms with Crippen molar-refractivity contribution in [3.63, 3.8) is 0 Å². The van der Waals surface area contributed by atoms with Gasteiger partial charge >= 0.3 is 0 Å². The molecule has 0 bridgehead atoms. The van der Waals surface area contributed by atoms with Crippen LogP contribution in [-0.2, 0) is 4.79 Å². The molecule has 0 radical (unpaired) electrons. The van der Waals surface area contributed by atoms with E-state index in [1.807, 2.05) is 48.5 Å². The normalized spacial score (nSPS) is 21.1. The highest BCUT2D eigenvalue weighted by Crippen LogP contribution is 2.47. The fourth-order valence-electron chi connectivity index (χ4n) is 3.40. The molecule has 0 fully saturated rings. The molecule has 1 aliphatic heterocycles. The van der Waals surface area contributed by atoms with Gasteiger partial charge in [-0.05, 0) is 43.7 Å². The SMILES string of the molecule is COc1ccc([C@@H]2Sc3ccccc3N(C(C)(C)C(O)CN)C(=O)[C@@H]2O)cc1. The summed E-state index contributed by atoms with van der Waals surface area (Å²) >= 11 is 1.43. The van der Waals surface area contributed by atoms with Crippen LogP contribution in [0.4, 0.5) is 5.69 Å². The highest BCUT2D eigenvalue weighted by Gasteiger charge is 2.45. The summed E-state index contributed by atoms with van der Waals surface area (Å²) in [5, 5.41) is 21.0. The molecule has 4 N–H and O–H groups in total. The smallest absolute Gasteiger partial charge is 0.257 e. The minimum absolute atomic E-state index is 0.00406. The third-order valence-corrected chi connectivity index (χ3v) is 6.56. The largest absolute Gasteiger partial charge is 0.497 e. The molecule has 7 heteroatoms. The lowest BCUT2D eigenvalue weighted by atomic mass is 9.92. The zero-order chi connectivity index (χ0) is 20.5. The van der Waals surface area contributed by atoms with Crippen molar-refractivity contribution in [2.75, 3.05) is 18.6 Å². The first-order valence-corrected chi connectivity index (χ1v) is 9.99. The number of methoxy groups -OCH3 is 1. The molecule has 150 valence electrons. The Bertz CT molecular complexity index is 841. The maximum absolute atomic E-state index is 13.4. The van der Waals surface area contributed by atoms with Gasteiger partial charge in [0.15, 0.2) is 0 Å². The van der Waals surface area contributed by atoms with Crippen molar-refractivity contribution in [2.24, 2.45) is 5.73 Å². The summed E-state index contributed by atoms with van der Waals surface area (Å²) in [5.41, 5.74) is 6.17. The number of rotatable bonds is 5. The van der Waals surface area contributed by atoms with Crippen LogP contribution >= 0.6 is 11.8 Å². The van der Waals surface area contributed by atoms with E-state index < -0.39 is 28.9 Å². The second kappa shape index (κ2) is 8.13. The number of nitrogens with zero attached hydrogens (tertiary/aromatic N) is 1. The van der Waals surface area contributed by atoms with Crippen molar-refractivity contribution >= 4 is 23.4 Å². The molecular weight excluding hydrogens is 376 g/mol. The number of para-hydroxylation sites is 1. The van der Waals surface area contributed by atoms with E-state index in [1.54, 1.807) is 21.0 Å². The Kier molecular flexibility index (Phi) is 6.00. The number of carbonyl (C=O) groups is 1. The molecule has 1 unspecified atom stereocenters. The number of carbonyl (C=O) groups excluding carboxylic acids is 1. The van der Waals surface area contributed by atoms with E-state index in [9.17, 15) is 15.0 Å². The van der Waals surface area contributed by atoms with E-state index in [0.717, 1.165) is 10.5 Å². The third kappa shape index (κ3) is 3.63. The number of anilines is 1.